The zero-order valence-corrected chi connectivity index (χ0v) is 12.1. The maximum Gasteiger partial charge on any atom is 0.251 e. The molecule has 2 aromatic rings. The van der Waals surface area contributed by atoms with Crippen LogP contribution < -0.4 is 11.1 Å². The standard InChI is InChI=1S/C12H12BrN3OS/c1-7-4-8(5-11(14)16-7)12(17)15-6-9-2-3-10(13)18-9/h2-5H,6H2,1H3,(H2,14,16)(H,15,17). The van der Waals surface area contributed by atoms with Crippen molar-refractivity contribution in [3.63, 3.8) is 0 Å². The monoisotopic (exact) mass is 325 g/mol. The highest BCUT2D eigenvalue weighted by Gasteiger charge is 2.08. The summed E-state index contributed by atoms with van der Waals surface area (Å²) in [7, 11) is 0. The lowest BCUT2D eigenvalue weighted by atomic mass is 10.2. The number of rotatable bonds is 3. The molecule has 0 aliphatic heterocycles. The van der Waals surface area contributed by atoms with E-state index in [0.717, 1.165) is 14.4 Å². The highest BCUT2D eigenvalue weighted by atomic mass is 79.9. The maximum absolute atomic E-state index is 11.9. The summed E-state index contributed by atoms with van der Waals surface area (Å²) in [5.41, 5.74) is 6.89. The number of hydrogen-bond acceptors (Lipinski definition) is 4. The molecule has 0 saturated carbocycles. The van der Waals surface area contributed by atoms with Gasteiger partial charge in [0.15, 0.2) is 0 Å². The average Bonchev–Trinajstić information content (AvgIpc) is 2.70. The van der Waals surface area contributed by atoms with Gasteiger partial charge in [-0.3, -0.25) is 4.79 Å². The van der Waals surface area contributed by atoms with Crippen molar-refractivity contribution < 1.29 is 4.79 Å². The van der Waals surface area contributed by atoms with Crippen molar-refractivity contribution in [2.75, 3.05) is 5.73 Å². The Labute approximate surface area is 117 Å². The second kappa shape index (κ2) is 5.49. The van der Waals surface area contributed by atoms with E-state index in [1.165, 1.54) is 0 Å². The van der Waals surface area contributed by atoms with Gasteiger partial charge in [-0.05, 0) is 47.1 Å². The third-order valence-electron chi connectivity index (χ3n) is 2.29. The van der Waals surface area contributed by atoms with Gasteiger partial charge in [-0.25, -0.2) is 4.98 Å². The van der Waals surface area contributed by atoms with Gasteiger partial charge < -0.3 is 11.1 Å². The van der Waals surface area contributed by atoms with E-state index in [9.17, 15) is 4.79 Å². The number of pyridine rings is 1. The lowest BCUT2D eigenvalue weighted by Crippen LogP contribution is -2.22. The number of nitrogens with zero attached hydrogens (tertiary/aromatic N) is 1. The molecule has 0 aliphatic rings. The number of carbonyl (C=O) groups is 1. The number of anilines is 1. The van der Waals surface area contributed by atoms with Gasteiger partial charge in [0, 0.05) is 16.1 Å². The fourth-order valence-electron chi connectivity index (χ4n) is 1.54. The third kappa shape index (κ3) is 3.30. The van der Waals surface area contributed by atoms with Crippen LogP contribution in [-0.2, 0) is 6.54 Å². The predicted octanol–water partition coefficient (Wildman–Crippen LogP) is 2.73. The smallest absolute Gasteiger partial charge is 0.251 e. The van der Waals surface area contributed by atoms with Gasteiger partial charge in [0.05, 0.1) is 10.3 Å². The Morgan fingerprint density at radius 2 is 2.28 bits per heavy atom. The van der Waals surface area contributed by atoms with Crippen LogP contribution in [0, 0.1) is 6.92 Å². The van der Waals surface area contributed by atoms with E-state index < -0.39 is 0 Å². The topological polar surface area (TPSA) is 68.0 Å². The maximum atomic E-state index is 11.9. The van der Waals surface area contributed by atoms with Crippen molar-refractivity contribution in [1.29, 1.82) is 0 Å². The van der Waals surface area contributed by atoms with Crippen LogP contribution in [0.2, 0.25) is 0 Å². The van der Waals surface area contributed by atoms with Crippen molar-refractivity contribution in [2.24, 2.45) is 0 Å². The molecular weight excluding hydrogens is 314 g/mol. The number of nitrogens with two attached hydrogens (primary N) is 1. The number of nitrogens with one attached hydrogen (secondary N) is 1. The number of halogens is 1. The molecule has 0 aromatic carbocycles. The molecule has 0 bridgehead atoms. The first-order chi connectivity index (χ1) is 8.54. The van der Waals surface area contributed by atoms with Crippen molar-refractivity contribution in [1.82, 2.24) is 10.3 Å². The van der Waals surface area contributed by atoms with Crippen LogP contribution in [0.3, 0.4) is 0 Å². The van der Waals surface area contributed by atoms with E-state index in [4.69, 9.17) is 5.73 Å². The molecule has 0 unspecified atom stereocenters. The van der Waals surface area contributed by atoms with E-state index in [-0.39, 0.29) is 5.91 Å². The van der Waals surface area contributed by atoms with Crippen LogP contribution in [0.5, 0.6) is 0 Å². The molecule has 0 saturated heterocycles. The molecule has 0 radical (unpaired) electrons. The number of nitrogen functional groups attached to an aromatic ring is 1. The fourth-order valence-corrected chi connectivity index (χ4v) is 2.96. The Kier molecular flexibility index (Phi) is 3.98. The van der Waals surface area contributed by atoms with Gasteiger partial charge in [-0.2, -0.15) is 0 Å². The average molecular weight is 326 g/mol. The normalized spacial score (nSPS) is 10.3. The Morgan fingerprint density at radius 3 is 2.89 bits per heavy atom. The van der Waals surface area contributed by atoms with Crippen molar-refractivity contribution in [3.8, 4) is 0 Å². The van der Waals surface area contributed by atoms with Crippen LogP contribution in [0.25, 0.3) is 0 Å². The van der Waals surface area contributed by atoms with Gasteiger partial charge in [0.1, 0.15) is 5.82 Å². The van der Waals surface area contributed by atoms with Gasteiger partial charge in [-0.15, -0.1) is 11.3 Å². The first kappa shape index (κ1) is 13.0. The van der Waals surface area contributed by atoms with Crippen LogP contribution in [0.4, 0.5) is 5.82 Å². The lowest BCUT2D eigenvalue weighted by Gasteiger charge is -2.05. The summed E-state index contributed by atoms with van der Waals surface area (Å²) in [4.78, 5) is 17.1. The molecule has 0 aliphatic carbocycles. The molecule has 94 valence electrons. The van der Waals surface area contributed by atoms with Crippen LogP contribution >= 0.6 is 27.3 Å². The Hall–Kier alpha value is -1.40. The molecule has 6 heteroatoms. The number of amides is 1. The van der Waals surface area contributed by atoms with Crippen molar-refractivity contribution in [3.05, 3.63) is 44.2 Å². The van der Waals surface area contributed by atoms with Crippen molar-refractivity contribution >= 4 is 39.0 Å². The highest BCUT2D eigenvalue weighted by Crippen LogP contribution is 2.21. The molecule has 2 rings (SSSR count). The number of aromatic nitrogens is 1. The summed E-state index contributed by atoms with van der Waals surface area (Å²) in [6, 6.07) is 7.23. The molecule has 4 nitrogen and oxygen atoms in total. The minimum atomic E-state index is -0.142. The number of aryl methyl sites for hydroxylation is 1. The molecule has 18 heavy (non-hydrogen) atoms. The molecule has 3 N–H and O–H groups in total. The van der Waals surface area contributed by atoms with Gasteiger partial charge in [0.2, 0.25) is 0 Å². The molecule has 0 fully saturated rings. The summed E-state index contributed by atoms with van der Waals surface area (Å²) in [5.74, 6) is 0.218. The zero-order chi connectivity index (χ0) is 13.1. The van der Waals surface area contributed by atoms with Crippen molar-refractivity contribution in [2.45, 2.75) is 13.5 Å². The SMILES string of the molecule is Cc1cc(C(=O)NCc2ccc(Br)s2)cc(N)n1. The zero-order valence-electron chi connectivity index (χ0n) is 9.74. The number of hydrogen-bond donors (Lipinski definition) is 2. The van der Waals surface area contributed by atoms with Crippen LogP contribution in [-0.4, -0.2) is 10.9 Å². The van der Waals surface area contributed by atoms with E-state index in [1.54, 1.807) is 23.5 Å². The molecule has 2 aromatic heterocycles. The second-order valence-corrected chi connectivity index (χ2v) is 6.36. The van der Waals surface area contributed by atoms with E-state index >= 15 is 0 Å². The minimum absolute atomic E-state index is 0.142. The Bertz CT molecular complexity index is 562. The van der Waals surface area contributed by atoms with Gasteiger partial charge in [0.25, 0.3) is 5.91 Å². The third-order valence-corrected chi connectivity index (χ3v) is 3.91. The predicted molar refractivity (Wildman–Crippen MR) is 76.6 cm³/mol. The summed E-state index contributed by atoms with van der Waals surface area (Å²) in [6.45, 7) is 2.32. The summed E-state index contributed by atoms with van der Waals surface area (Å²) in [5, 5.41) is 2.85. The minimum Gasteiger partial charge on any atom is -0.384 e. The summed E-state index contributed by atoms with van der Waals surface area (Å²) < 4.78 is 1.05. The first-order valence-corrected chi connectivity index (χ1v) is 6.92. The first-order valence-electron chi connectivity index (χ1n) is 5.31. The Morgan fingerprint density at radius 1 is 1.50 bits per heavy atom. The molecule has 0 atom stereocenters. The molecule has 1 amide bonds. The van der Waals surface area contributed by atoms with Gasteiger partial charge in [-0.1, -0.05) is 0 Å². The molecule has 0 spiro atoms. The number of thiophene rings is 1. The largest absolute Gasteiger partial charge is 0.384 e. The number of carbonyl (C=O) groups excluding carboxylic acids is 1. The molecular formula is C12H12BrN3OS. The highest BCUT2D eigenvalue weighted by molar-refractivity contribution is 9.11. The Balaban J connectivity index is 2.03. The summed E-state index contributed by atoms with van der Waals surface area (Å²) >= 11 is 4.98. The van der Waals surface area contributed by atoms with E-state index in [0.29, 0.717) is 17.9 Å². The molecule has 2 heterocycles. The van der Waals surface area contributed by atoms with E-state index in [1.807, 2.05) is 19.1 Å². The second-order valence-electron chi connectivity index (χ2n) is 3.81. The van der Waals surface area contributed by atoms with E-state index in [2.05, 4.69) is 26.2 Å². The fraction of sp³-hybridized carbons (Fsp3) is 0.167. The summed E-state index contributed by atoms with van der Waals surface area (Å²) in [6.07, 6.45) is 0. The van der Waals surface area contributed by atoms with Crippen LogP contribution in [0.15, 0.2) is 28.1 Å². The van der Waals surface area contributed by atoms with Crippen LogP contribution in [0.1, 0.15) is 20.9 Å². The quantitative estimate of drug-likeness (QED) is 0.911. The lowest BCUT2D eigenvalue weighted by molar-refractivity contribution is 0.0951. The van der Waals surface area contributed by atoms with Gasteiger partial charge >= 0.3 is 0 Å².